The summed E-state index contributed by atoms with van der Waals surface area (Å²) in [4.78, 5) is 26.3. The number of aromatic hydroxyl groups is 1. The van der Waals surface area contributed by atoms with E-state index >= 15 is 0 Å². The van der Waals surface area contributed by atoms with Crippen LogP contribution in [-0.2, 0) is 9.59 Å². The van der Waals surface area contributed by atoms with Crippen molar-refractivity contribution in [2.24, 2.45) is 0 Å². The van der Waals surface area contributed by atoms with Gasteiger partial charge in [-0.3, -0.25) is 9.59 Å². The average molecular weight is 315 g/mol. The van der Waals surface area contributed by atoms with Gasteiger partial charge in [0, 0.05) is 11.6 Å². The highest BCUT2D eigenvalue weighted by atomic mass is 16.3. The Hall–Kier alpha value is -3.40. The molecule has 1 aliphatic rings. The SMILES string of the molecule is O=C1C=C(c2c(O)ccc3ccccc23)C(=O)N1c1ccccc1. The summed E-state index contributed by atoms with van der Waals surface area (Å²) >= 11 is 0. The van der Waals surface area contributed by atoms with Crippen molar-refractivity contribution < 1.29 is 14.7 Å². The third-order valence-electron chi connectivity index (χ3n) is 4.11. The average Bonchev–Trinajstić information content (AvgIpc) is 2.90. The number of phenolic OH excluding ortho intramolecular Hbond substituents is 1. The predicted octanol–water partition coefficient (Wildman–Crippen LogP) is 3.50. The molecule has 0 spiro atoms. The maximum Gasteiger partial charge on any atom is 0.266 e. The van der Waals surface area contributed by atoms with Crippen molar-refractivity contribution in [1.29, 1.82) is 0 Å². The lowest BCUT2D eigenvalue weighted by Gasteiger charge is -2.15. The van der Waals surface area contributed by atoms with E-state index in [2.05, 4.69) is 0 Å². The van der Waals surface area contributed by atoms with Gasteiger partial charge < -0.3 is 5.11 Å². The fraction of sp³-hybridized carbons (Fsp3) is 0. The van der Waals surface area contributed by atoms with Gasteiger partial charge in [-0.1, -0.05) is 48.5 Å². The van der Waals surface area contributed by atoms with E-state index in [0.29, 0.717) is 11.3 Å². The lowest BCUT2D eigenvalue weighted by Crippen LogP contribution is -2.30. The number of phenols is 1. The zero-order chi connectivity index (χ0) is 16.7. The molecule has 1 N–H and O–H groups in total. The normalized spacial score (nSPS) is 14.3. The summed E-state index contributed by atoms with van der Waals surface area (Å²) in [6.07, 6.45) is 1.29. The van der Waals surface area contributed by atoms with Crippen molar-refractivity contribution >= 4 is 33.8 Å². The molecule has 0 aromatic heterocycles. The van der Waals surface area contributed by atoms with E-state index in [0.717, 1.165) is 15.7 Å². The Morgan fingerprint density at radius 2 is 1.50 bits per heavy atom. The van der Waals surface area contributed by atoms with Gasteiger partial charge in [0.1, 0.15) is 5.75 Å². The summed E-state index contributed by atoms with van der Waals surface area (Å²) in [5, 5.41) is 11.9. The minimum atomic E-state index is -0.433. The first-order valence-electron chi connectivity index (χ1n) is 7.53. The van der Waals surface area contributed by atoms with Crippen LogP contribution in [0.4, 0.5) is 5.69 Å². The van der Waals surface area contributed by atoms with Crippen LogP contribution in [0.5, 0.6) is 5.75 Å². The standard InChI is InChI=1S/C20H13NO3/c22-17-11-10-13-6-4-5-9-15(13)19(17)16-12-18(23)21(20(16)24)14-7-2-1-3-8-14/h1-12,22H. The molecule has 3 aromatic rings. The molecule has 24 heavy (non-hydrogen) atoms. The second-order valence-corrected chi connectivity index (χ2v) is 5.55. The van der Waals surface area contributed by atoms with E-state index in [1.807, 2.05) is 30.3 Å². The highest BCUT2D eigenvalue weighted by Gasteiger charge is 2.34. The largest absolute Gasteiger partial charge is 0.507 e. The Morgan fingerprint density at radius 1 is 0.792 bits per heavy atom. The molecule has 4 rings (SSSR count). The number of nitrogens with zero attached hydrogens (tertiary/aromatic N) is 1. The maximum atomic E-state index is 12.8. The number of hydrogen-bond acceptors (Lipinski definition) is 3. The van der Waals surface area contributed by atoms with Crippen LogP contribution in [0.15, 0.2) is 72.8 Å². The minimum Gasteiger partial charge on any atom is -0.507 e. The van der Waals surface area contributed by atoms with Gasteiger partial charge in [-0.25, -0.2) is 4.90 Å². The lowest BCUT2D eigenvalue weighted by atomic mass is 9.97. The van der Waals surface area contributed by atoms with Crippen molar-refractivity contribution in [1.82, 2.24) is 0 Å². The molecule has 0 bridgehead atoms. The zero-order valence-electron chi connectivity index (χ0n) is 12.6. The molecule has 0 saturated carbocycles. The Bertz CT molecular complexity index is 1010. The molecular formula is C20H13NO3. The number of anilines is 1. The van der Waals surface area contributed by atoms with Gasteiger partial charge >= 0.3 is 0 Å². The highest BCUT2D eigenvalue weighted by Crippen LogP contribution is 2.37. The quantitative estimate of drug-likeness (QED) is 0.736. The Kier molecular flexibility index (Phi) is 3.17. The molecule has 0 radical (unpaired) electrons. The van der Waals surface area contributed by atoms with Gasteiger partial charge in [-0.15, -0.1) is 0 Å². The maximum absolute atomic E-state index is 12.8. The first kappa shape index (κ1) is 14.2. The van der Waals surface area contributed by atoms with E-state index in [1.165, 1.54) is 6.08 Å². The van der Waals surface area contributed by atoms with Gasteiger partial charge in [-0.2, -0.15) is 0 Å². The molecular weight excluding hydrogens is 302 g/mol. The summed E-state index contributed by atoms with van der Waals surface area (Å²) in [6, 6.07) is 19.5. The molecule has 2 amide bonds. The second-order valence-electron chi connectivity index (χ2n) is 5.55. The second kappa shape index (κ2) is 5.35. The van der Waals surface area contributed by atoms with Crippen molar-refractivity contribution in [2.75, 3.05) is 4.90 Å². The Balaban J connectivity index is 1.87. The summed E-state index contributed by atoms with van der Waals surface area (Å²) in [7, 11) is 0. The Labute approximate surface area is 138 Å². The van der Waals surface area contributed by atoms with Crippen molar-refractivity contribution in [3.8, 4) is 5.75 Å². The van der Waals surface area contributed by atoms with Gasteiger partial charge in [-0.05, 0) is 29.0 Å². The zero-order valence-corrected chi connectivity index (χ0v) is 12.6. The monoisotopic (exact) mass is 315 g/mol. The predicted molar refractivity (Wildman–Crippen MR) is 92.5 cm³/mol. The van der Waals surface area contributed by atoms with Gasteiger partial charge in [0.25, 0.3) is 11.8 Å². The number of carbonyl (C=O) groups excluding carboxylic acids is 2. The molecule has 0 fully saturated rings. The number of amides is 2. The smallest absolute Gasteiger partial charge is 0.266 e. The van der Waals surface area contributed by atoms with E-state index in [1.54, 1.807) is 36.4 Å². The van der Waals surface area contributed by atoms with E-state index in [-0.39, 0.29) is 11.3 Å². The van der Waals surface area contributed by atoms with Gasteiger partial charge in [0.05, 0.1) is 11.3 Å². The summed E-state index contributed by atoms with van der Waals surface area (Å²) in [6.45, 7) is 0. The summed E-state index contributed by atoms with van der Waals surface area (Å²) in [5.74, 6) is -0.859. The number of rotatable bonds is 2. The lowest BCUT2D eigenvalue weighted by molar-refractivity contribution is -0.119. The molecule has 0 aliphatic carbocycles. The third-order valence-corrected chi connectivity index (χ3v) is 4.11. The topological polar surface area (TPSA) is 57.6 Å². The van der Waals surface area contributed by atoms with Crippen LogP contribution in [0.2, 0.25) is 0 Å². The fourth-order valence-electron chi connectivity index (χ4n) is 3.01. The van der Waals surface area contributed by atoms with E-state index < -0.39 is 11.8 Å². The number of imide groups is 1. The number of fused-ring (bicyclic) bond motifs is 1. The summed E-state index contributed by atoms with van der Waals surface area (Å²) < 4.78 is 0. The number of carbonyl (C=O) groups is 2. The van der Waals surface area contributed by atoms with Crippen LogP contribution in [0.25, 0.3) is 16.3 Å². The van der Waals surface area contributed by atoms with Crippen LogP contribution in [0.3, 0.4) is 0 Å². The van der Waals surface area contributed by atoms with Crippen LogP contribution >= 0.6 is 0 Å². The molecule has 116 valence electrons. The number of hydrogen-bond donors (Lipinski definition) is 1. The van der Waals surface area contributed by atoms with Gasteiger partial charge in [0.2, 0.25) is 0 Å². The van der Waals surface area contributed by atoms with Crippen molar-refractivity contribution in [3.05, 3.63) is 78.4 Å². The first-order chi connectivity index (χ1) is 11.7. The molecule has 1 heterocycles. The summed E-state index contributed by atoms with van der Waals surface area (Å²) in [5.41, 5.74) is 1.11. The minimum absolute atomic E-state index is 0.0176. The van der Waals surface area contributed by atoms with E-state index in [4.69, 9.17) is 0 Å². The molecule has 1 aliphatic heterocycles. The number of benzene rings is 3. The molecule has 0 unspecified atom stereocenters. The van der Waals surface area contributed by atoms with Crippen molar-refractivity contribution in [2.45, 2.75) is 0 Å². The van der Waals surface area contributed by atoms with E-state index in [9.17, 15) is 14.7 Å². The number of para-hydroxylation sites is 1. The van der Waals surface area contributed by atoms with Crippen LogP contribution < -0.4 is 4.90 Å². The fourth-order valence-corrected chi connectivity index (χ4v) is 3.01. The van der Waals surface area contributed by atoms with Crippen LogP contribution in [-0.4, -0.2) is 16.9 Å². The first-order valence-corrected chi connectivity index (χ1v) is 7.53. The molecule has 0 saturated heterocycles. The molecule has 4 nitrogen and oxygen atoms in total. The van der Waals surface area contributed by atoms with Crippen LogP contribution in [0.1, 0.15) is 5.56 Å². The Morgan fingerprint density at radius 3 is 2.29 bits per heavy atom. The van der Waals surface area contributed by atoms with Crippen LogP contribution in [0, 0.1) is 0 Å². The highest BCUT2D eigenvalue weighted by molar-refractivity contribution is 6.44. The van der Waals surface area contributed by atoms with Crippen molar-refractivity contribution in [3.63, 3.8) is 0 Å². The molecule has 4 heteroatoms. The molecule has 3 aromatic carbocycles. The van der Waals surface area contributed by atoms with Gasteiger partial charge in [0.15, 0.2) is 0 Å². The molecule has 0 atom stereocenters. The third kappa shape index (κ3) is 2.08.